The van der Waals surface area contributed by atoms with Crippen LogP contribution in [0.5, 0.6) is 0 Å². The van der Waals surface area contributed by atoms with Crippen LogP contribution in [-0.2, 0) is 9.59 Å². The van der Waals surface area contributed by atoms with Gasteiger partial charge in [-0.15, -0.1) is 0 Å². The second-order valence-corrected chi connectivity index (χ2v) is 4.52. The van der Waals surface area contributed by atoms with Gasteiger partial charge in [-0.05, 0) is 11.5 Å². The van der Waals surface area contributed by atoms with Gasteiger partial charge in [0, 0.05) is 0 Å². The standard InChI is InChI=1S/C14H19NO4/c1-3-9(2)11(14(18)19)15-13(17)12(16)10-7-5-4-6-8-10/h4-9,11-12,16H,3H2,1-2H3,(H,15,17)(H,18,19)/t9-,11-,12+/m0/s1. The van der Waals surface area contributed by atoms with Crippen LogP contribution in [0, 0.1) is 5.92 Å². The van der Waals surface area contributed by atoms with Crippen LogP contribution >= 0.6 is 0 Å². The van der Waals surface area contributed by atoms with Gasteiger partial charge in [0.25, 0.3) is 5.91 Å². The highest BCUT2D eigenvalue weighted by Crippen LogP contribution is 2.14. The molecule has 0 unspecified atom stereocenters. The van der Waals surface area contributed by atoms with E-state index in [1.807, 2.05) is 6.92 Å². The maximum absolute atomic E-state index is 11.9. The third-order valence-electron chi connectivity index (χ3n) is 3.14. The number of aliphatic hydroxyl groups excluding tert-OH is 1. The normalized spacial score (nSPS) is 15.3. The van der Waals surface area contributed by atoms with E-state index in [0.717, 1.165) is 0 Å². The Morgan fingerprint density at radius 3 is 2.32 bits per heavy atom. The Balaban J connectivity index is 2.75. The van der Waals surface area contributed by atoms with E-state index < -0.39 is 24.0 Å². The van der Waals surface area contributed by atoms with Crippen LogP contribution in [0.25, 0.3) is 0 Å². The molecule has 0 spiro atoms. The van der Waals surface area contributed by atoms with Crippen molar-refractivity contribution < 1.29 is 19.8 Å². The molecule has 1 amide bonds. The number of nitrogens with one attached hydrogen (secondary N) is 1. The largest absolute Gasteiger partial charge is 0.480 e. The van der Waals surface area contributed by atoms with Gasteiger partial charge in [-0.2, -0.15) is 0 Å². The van der Waals surface area contributed by atoms with Crippen molar-refractivity contribution in [3.63, 3.8) is 0 Å². The van der Waals surface area contributed by atoms with Crippen LogP contribution < -0.4 is 5.32 Å². The van der Waals surface area contributed by atoms with Crippen molar-refractivity contribution >= 4 is 11.9 Å². The zero-order chi connectivity index (χ0) is 14.4. The van der Waals surface area contributed by atoms with Crippen molar-refractivity contribution in [2.24, 2.45) is 5.92 Å². The molecule has 0 bridgehead atoms. The van der Waals surface area contributed by atoms with Crippen LogP contribution in [0.1, 0.15) is 31.9 Å². The van der Waals surface area contributed by atoms with Gasteiger partial charge in [0.2, 0.25) is 0 Å². The molecule has 3 atom stereocenters. The van der Waals surface area contributed by atoms with E-state index >= 15 is 0 Å². The fourth-order valence-corrected chi connectivity index (χ4v) is 1.70. The topological polar surface area (TPSA) is 86.6 Å². The van der Waals surface area contributed by atoms with E-state index in [9.17, 15) is 14.7 Å². The van der Waals surface area contributed by atoms with Crippen molar-refractivity contribution in [1.82, 2.24) is 5.32 Å². The lowest BCUT2D eigenvalue weighted by molar-refractivity contribution is -0.145. The monoisotopic (exact) mass is 265 g/mol. The number of aliphatic hydroxyl groups is 1. The molecular formula is C14H19NO4. The lowest BCUT2D eigenvalue weighted by Crippen LogP contribution is -2.46. The van der Waals surface area contributed by atoms with E-state index in [1.165, 1.54) is 0 Å². The van der Waals surface area contributed by atoms with Gasteiger partial charge in [-0.1, -0.05) is 50.6 Å². The average Bonchev–Trinajstić information content (AvgIpc) is 2.43. The Morgan fingerprint density at radius 1 is 1.26 bits per heavy atom. The first-order valence-corrected chi connectivity index (χ1v) is 6.23. The molecule has 0 saturated heterocycles. The minimum Gasteiger partial charge on any atom is -0.480 e. The minimum atomic E-state index is -1.35. The van der Waals surface area contributed by atoms with Gasteiger partial charge in [-0.3, -0.25) is 4.79 Å². The van der Waals surface area contributed by atoms with Crippen LogP contribution in [0.15, 0.2) is 30.3 Å². The molecule has 1 aromatic carbocycles. The van der Waals surface area contributed by atoms with E-state index in [1.54, 1.807) is 37.3 Å². The van der Waals surface area contributed by atoms with Gasteiger partial charge >= 0.3 is 5.97 Å². The number of carboxylic acid groups (broad SMARTS) is 1. The molecule has 0 saturated carbocycles. The highest BCUT2D eigenvalue weighted by molar-refractivity contribution is 5.87. The zero-order valence-corrected chi connectivity index (χ0v) is 11.0. The highest BCUT2D eigenvalue weighted by Gasteiger charge is 2.28. The Morgan fingerprint density at radius 2 is 1.84 bits per heavy atom. The fraction of sp³-hybridized carbons (Fsp3) is 0.429. The third kappa shape index (κ3) is 4.06. The second kappa shape index (κ2) is 6.89. The van der Waals surface area contributed by atoms with Gasteiger partial charge in [-0.25, -0.2) is 4.79 Å². The van der Waals surface area contributed by atoms with Gasteiger partial charge < -0.3 is 15.5 Å². The summed E-state index contributed by atoms with van der Waals surface area (Å²) < 4.78 is 0. The average molecular weight is 265 g/mol. The molecule has 3 N–H and O–H groups in total. The van der Waals surface area contributed by atoms with Gasteiger partial charge in [0.1, 0.15) is 6.04 Å². The van der Waals surface area contributed by atoms with E-state index in [0.29, 0.717) is 12.0 Å². The number of amides is 1. The summed E-state index contributed by atoms with van der Waals surface area (Å²) in [7, 11) is 0. The number of rotatable bonds is 6. The SMILES string of the molecule is CC[C@H](C)[C@H](NC(=O)[C@H](O)c1ccccc1)C(=O)O. The molecule has 0 aromatic heterocycles. The maximum atomic E-state index is 11.9. The first kappa shape index (κ1) is 15.2. The molecule has 0 fully saturated rings. The first-order valence-electron chi connectivity index (χ1n) is 6.23. The molecule has 0 aliphatic carbocycles. The van der Waals surface area contributed by atoms with E-state index in [-0.39, 0.29) is 5.92 Å². The predicted octanol–water partition coefficient (Wildman–Crippen LogP) is 1.34. The zero-order valence-electron chi connectivity index (χ0n) is 11.0. The summed E-state index contributed by atoms with van der Waals surface area (Å²) >= 11 is 0. The number of carboxylic acids is 1. The van der Waals surface area contributed by atoms with Gasteiger partial charge in [0.05, 0.1) is 0 Å². The molecule has 0 aliphatic rings. The summed E-state index contributed by atoms with van der Waals surface area (Å²) in [6.07, 6.45) is -0.731. The first-order chi connectivity index (χ1) is 8.97. The van der Waals surface area contributed by atoms with Crippen LogP contribution in [-0.4, -0.2) is 28.1 Å². The number of carbonyl (C=O) groups excluding carboxylic acids is 1. The number of hydrogen-bond donors (Lipinski definition) is 3. The Hall–Kier alpha value is -1.88. The molecule has 0 radical (unpaired) electrons. The number of aliphatic carboxylic acids is 1. The quantitative estimate of drug-likeness (QED) is 0.724. The molecule has 104 valence electrons. The molecule has 1 rings (SSSR count). The highest BCUT2D eigenvalue weighted by atomic mass is 16.4. The molecule has 5 nitrogen and oxygen atoms in total. The van der Waals surface area contributed by atoms with Crippen LogP contribution in [0.3, 0.4) is 0 Å². The number of hydrogen-bond acceptors (Lipinski definition) is 3. The van der Waals surface area contributed by atoms with Crippen LogP contribution in [0.2, 0.25) is 0 Å². The lowest BCUT2D eigenvalue weighted by atomic mass is 9.98. The Kier molecular flexibility index (Phi) is 5.51. The van der Waals surface area contributed by atoms with E-state index in [2.05, 4.69) is 5.32 Å². The summed E-state index contributed by atoms with van der Waals surface area (Å²) in [6, 6.07) is 7.42. The van der Waals surface area contributed by atoms with Crippen molar-refractivity contribution in [3.05, 3.63) is 35.9 Å². The van der Waals surface area contributed by atoms with E-state index in [4.69, 9.17) is 5.11 Å². The summed E-state index contributed by atoms with van der Waals surface area (Å²) in [5.74, 6) is -1.99. The van der Waals surface area contributed by atoms with Gasteiger partial charge in [0.15, 0.2) is 6.10 Å². The molecule has 0 aliphatic heterocycles. The van der Waals surface area contributed by atoms with Crippen molar-refractivity contribution in [2.75, 3.05) is 0 Å². The maximum Gasteiger partial charge on any atom is 0.326 e. The van der Waals surface area contributed by atoms with Crippen molar-refractivity contribution in [2.45, 2.75) is 32.4 Å². The lowest BCUT2D eigenvalue weighted by Gasteiger charge is -2.21. The molecule has 0 heterocycles. The van der Waals surface area contributed by atoms with Crippen LogP contribution in [0.4, 0.5) is 0 Å². The summed E-state index contributed by atoms with van der Waals surface area (Å²) in [5.41, 5.74) is 0.438. The van der Waals surface area contributed by atoms with Crippen molar-refractivity contribution in [3.8, 4) is 0 Å². The molecule has 5 heteroatoms. The Bertz CT molecular complexity index is 432. The minimum absolute atomic E-state index is 0.204. The summed E-state index contributed by atoms with van der Waals surface area (Å²) in [5, 5.41) is 21.3. The second-order valence-electron chi connectivity index (χ2n) is 4.52. The predicted molar refractivity (Wildman–Crippen MR) is 70.4 cm³/mol. The summed E-state index contributed by atoms with van der Waals surface area (Å²) in [6.45, 7) is 3.59. The molecular weight excluding hydrogens is 246 g/mol. The number of carbonyl (C=O) groups is 2. The summed E-state index contributed by atoms with van der Waals surface area (Å²) in [4.78, 5) is 23.0. The third-order valence-corrected chi connectivity index (χ3v) is 3.14. The van der Waals surface area contributed by atoms with Crippen molar-refractivity contribution in [1.29, 1.82) is 0 Å². The molecule has 1 aromatic rings. The molecule has 19 heavy (non-hydrogen) atoms. The Labute approximate surface area is 112 Å². The number of benzene rings is 1. The fourth-order valence-electron chi connectivity index (χ4n) is 1.70. The smallest absolute Gasteiger partial charge is 0.326 e.